The van der Waals surface area contributed by atoms with E-state index in [1.807, 2.05) is 13.0 Å². The van der Waals surface area contributed by atoms with Crippen molar-refractivity contribution >= 4 is 17.3 Å². The average molecular weight is 308 g/mol. The maximum atomic E-state index is 9.55. The number of benzene rings is 2. The summed E-state index contributed by atoms with van der Waals surface area (Å²) in [6.45, 7) is 1.99. The highest BCUT2D eigenvalue weighted by Crippen LogP contribution is 2.37. The molecule has 2 aromatic carbocycles. The third-order valence-corrected chi connectivity index (χ3v) is 3.51. The third kappa shape index (κ3) is 3.52. The lowest BCUT2D eigenvalue weighted by Crippen LogP contribution is -2.07. The summed E-state index contributed by atoms with van der Waals surface area (Å²) < 4.78 is 10.5. The highest BCUT2D eigenvalue weighted by atomic mass is 35.5. The zero-order valence-corrected chi connectivity index (χ0v) is 12.9. The number of anilines is 1. The minimum absolute atomic E-state index is 0.0181. The lowest BCUT2D eigenvalue weighted by Gasteiger charge is -2.19. The smallest absolute Gasteiger partial charge is 0.145 e. The number of hydrogen-bond donors (Lipinski definition) is 2. The second-order valence-electron chi connectivity index (χ2n) is 4.65. The molecule has 2 aromatic rings. The van der Waals surface area contributed by atoms with Crippen LogP contribution in [-0.2, 0) is 0 Å². The van der Waals surface area contributed by atoms with Crippen LogP contribution in [0.25, 0.3) is 0 Å². The zero-order chi connectivity index (χ0) is 15.4. The molecule has 0 spiro atoms. The lowest BCUT2D eigenvalue weighted by molar-refractivity contribution is 0.395. The van der Waals surface area contributed by atoms with Crippen LogP contribution in [0.1, 0.15) is 18.5 Å². The summed E-state index contributed by atoms with van der Waals surface area (Å²) in [6.07, 6.45) is 0. The normalized spacial score (nSPS) is 11.8. The van der Waals surface area contributed by atoms with E-state index in [4.69, 9.17) is 21.1 Å². The maximum absolute atomic E-state index is 9.55. The zero-order valence-electron chi connectivity index (χ0n) is 12.2. The molecular weight excluding hydrogens is 290 g/mol. The minimum atomic E-state index is -0.0181. The van der Waals surface area contributed by atoms with Crippen LogP contribution in [0.4, 0.5) is 5.69 Å². The molecule has 0 aliphatic rings. The van der Waals surface area contributed by atoms with Crippen LogP contribution in [0.15, 0.2) is 36.4 Å². The summed E-state index contributed by atoms with van der Waals surface area (Å²) in [5.74, 6) is 1.44. The van der Waals surface area contributed by atoms with E-state index in [9.17, 15) is 5.11 Å². The van der Waals surface area contributed by atoms with Crippen molar-refractivity contribution in [1.82, 2.24) is 0 Å². The van der Waals surface area contributed by atoms with Gasteiger partial charge in [-0.25, -0.2) is 0 Å². The van der Waals surface area contributed by atoms with E-state index in [1.54, 1.807) is 44.6 Å². The first-order valence-corrected chi connectivity index (χ1v) is 6.90. The van der Waals surface area contributed by atoms with Gasteiger partial charge in [-0.15, -0.1) is 0 Å². The van der Waals surface area contributed by atoms with Gasteiger partial charge < -0.3 is 19.9 Å². The lowest BCUT2D eigenvalue weighted by atomic mass is 10.1. The van der Waals surface area contributed by atoms with Crippen molar-refractivity contribution in [3.8, 4) is 17.2 Å². The fourth-order valence-electron chi connectivity index (χ4n) is 2.08. The monoisotopic (exact) mass is 307 g/mol. The van der Waals surface area contributed by atoms with Gasteiger partial charge in [-0.05, 0) is 30.7 Å². The van der Waals surface area contributed by atoms with Gasteiger partial charge in [0.05, 0.1) is 24.9 Å². The Kier molecular flexibility index (Phi) is 4.81. The van der Waals surface area contributed by atoms with Crippen molar-refractivity contribution < 1.29 is 14.6 Å². The molecule has 1 atom stereocenters. The number of nitrogens with one attached hydrogen (secondary N) is 1. The van der Waals surface area contributed by atoms with Crippen molar-refractivity contribution in [2.45, 2.75) is 13.0 Å². The number of methoxy groups -OCH3 is 2. The van der Waals surface area contributed by atoms with E-state index in [-0.39, 0.29) is 11.8 Å². The first-order chi connectivity index (χ1) is 10.0. The molecule has 2 N–H and O–H groups in total. The van der Waals surface area contributed by atoms with Crippen molar-refractivity contribution in [2.75, 3.05) is 19.5 Å². The molecule has 0 saturated carbocycles. The van der Waals surface area contributed by atoms with Gasteiger partial charge in [-0.1, -0.05) is 23.7 Å². The Labute approximate surface area is 129 Å². The predicted molar refractivity (Wildman–Crippen MR) is 84.7 cm³/mol. The molecule has 0 amide bonds. The number of rotatable bonds is 5. The predicted octanol–water partition coefficient (Wildman–Crippen LogP) is 4.24. The van der Waals surface area contributed by atoms with E-state index in [0.717, 1.165) is 11.3 Å². The SMILES string of the molecule is COc1cc(OC)c(NC(C)c2cccc(O)c2)cc1Cl. The molecule has 21 heavy (non-hydrogen) atoms. The Balaban J connectivity index is 2.28. The van der Waals surface area contributed by atoms with Crippen molar-refractivity contribution in [3.63, 3.8) is 0 Å². The van der Waals surface area contributed by atoms with Crippen LogP contribution in [0.5, 0.6) is 17.2 Å². The summed E-state index contributed by atoms with van der Waals surface area (Å²) in [7, 11) is 3.15. The van der Waals surface area contributed by atoms with E-state index in [0.29, 0.717) is 16.5 Å². The van der Waals surface area contributed by atoms with E-state index in [1.165, 1.54) is 0 Å². The van der Waals surface area contributed by atoms with Crippen LogP contribution in [0.2, 0.25) is 5.02 Å². The standard InChI is InChI=1S/C16H18ClNO3/c1-10(11-5-4-6-12(19)7-11)18-14-8-13(17)15(20-2)9-16(14)21-3/h4-10,18-19H,1-3H3. The van der Waals surface area contributed by atoms with E-state index < -0.39 is 0 Å². The summed E-state index contributed by atoms with van der Waals surface area (Å²) >= 11 is 6.15. The van der Waals surface area contributed by atoms with Gasteiger partial charge in [-0.2, -0.15) is 0 Å². The largest absolute Gasteiger partial charge is 0.508 e. The Bertz CT molecular complexity index is 631. The molecular formula is C16H18ClNO3. The highest BCUT2D eigenvalue weighted by molar-refractivity contribution is 6.32. The summed E-state index contributed by atoms with van der Waals surface area (Å²) in [5, 5.41) is 13.4. The van der Waals surface area contributed by atoms with Crippen molar-refractivity contribution in [2.24, 2.45) is 0 Å². The van der Waals surface area contributed by atoms with Gasteiger partial charge in [0, 0.05) is 12.1 Å². The molecule has 0 fully saturated rings. The molecule has 112 valence electrons. The second kappa shape index (κ2) is 6.59. The van der Waals surface area contributed by atoms with Gasteiger partial charge in [0.2, 0.25) is 0 Å². The minimum Gasteiger partial charge on any atom is -0.508 e. The van der Waals surface area contributed by atoms with Crippen LogP contribution >= 0.6 is 11.6 Å². The highest BCUT2D eigenvalue weighted by Gasteiger charge is 2.13. The van der Waals surface area contributed by atoms with Crippen molar-refractivity contribution in [3.05, 3.63) is 47.0 Å². The van der Waals surface area contributed by atoms with Gasteiger partial charge in [-0.3, -0.25) is 0 Å². The molecule has 0 bridgehead atoms. The van der Waals surface area contributed by atoms with Crippen LogP contribution < -0.4 is 14.8 Å². The molecule has 0 saturated heterocycles. The summed E-state index contributed by atoms with van der Waals surface area (Å²) in [4.78, 5) is 0. The number of aromatic hydroxyl groups is 1. The first-order valence-electron chi connectivity index (χ1n) is 6.52. The van der Waals surface area contributed by atoms with Gasteiger partial charge in [0.15, 0.2) is 0 Å². The topological polar surface area (TPSA) is 50.7 Å². The molecule has 1 unspecified atom stereocenters. The number of phenols is 1. The van der Waals surface area contributed by atoms with Crippen LogP contribution in [0.3, 0.4) is 0 Å². The average Bonchev–Trinajstić information content (AvgIpc) is 2.47. The Morgan fingerprint density at radius 1 is 1.10 bits per heavy atom. The quantitative estimate of drug-likeness (QED) is 0.867. The summed E-state index contributed by atoms with van der Waals surface area (Å²) in [5.41, 5.74) is 1.73. The molecule has 4 nitrogen and oxygen atoms in total. The fourth-order valence-corrected chi connectivity index (χ4v) is 2.32. The van der Waals surface area contributed by atoms with E-state index in [2.05, 4.69) is 5.32 Å². The first kappa shape index (κ1) is 15.3. The Hall–Kier alpha value is -2.07. The number of halogens is 1. The van der Waals surface area contributed by atoms with Crippen LogP contribution in [-0.4, -0.2) is 19.3 Å². The van der Waals surface area contributed by atoms with Gasteiger partial charge >= 0.3 is 0 Å². The molecule has 0 aliphatic heterocycles. The number of phenolic OH excluding ortho intramolecular Hbond substituents is 1. The Morgan fingerprint density at radius 3 is 2.43 bits per heavy atom. The molecule has 0 aliphatic carbocycles. The molecule has 0 radical (unpaired) electrons. The number of hydrogen-bond acceptors (Lipinski definition) is 4. The fraction of sp³-hybridized carbons (Fsp3) is 0.250. The molecule has 5 heteroatoms. The van der Waals surface area contributed by atoms with Gasteiger partial charge in [0.25, 0.3) is 0 Å². The van der Waals surface area contributed by atoms with Crippen LogP contribution in [0, 0.1) is 0 Å². The third-order valence-electron chi connectivity index (χ3n) is 3.22. The molecule has 0 heterocycles. The van der Waals surface area contributed by atoms with E-state index >= 15 is 0 Å². The van der Waals surface area contributed by atoms with Gasteiger partial charge in [0.1, 0.15) is 17.2 Å². The Morgan fingerprint density at radius 2 is 1.81 bits per heavy atom. The molecule has 2 rings (SSSR count). The molecule has 0 aromatic heterocycles. The second-order valence-corrected chi connectivity index (χ2v) is 5.06. The number of ether oxygens (including phenoxy) is 2. The van der Waals surface area contributed by atoms with Crippen molar-refractivity contribution in [1.29, 1.82) is 0 Å². The maximum Gasteiger partial charge on any atom is 0.145 e. The summed E-state index contributed by atoms with van der Waals surface area (Å²) in [6, 6.07) is 10.6.